The van der Waals surface area contributed by atoms with Crippen LogP contribution in [0, 0.1) is 0 Å². The number of hydrogen-bond acceptors (Lipinski definition) is 2. The number of rotatable bonds is 2. The number of carbonyl (C=O) groups is 1. The second-order valence-electron chi connectivity index (χ2n) is 3.83. The van der Waals surface area contributed by atoms with Gasteiger partial charge in [0.1, 0.15) is 0 Å². The lowest BCUT2D eigenvalue weighted by Gasteiger charge is -2.10. The molecule has 0 atom stereocenters. The third-order valence-corrected chi connectivity index (χ3v) is 3.51. The van der Waals surface area contributed by atoms with Crippen molar-refractivity contribution in [2.45, 2.75) is 0 Å². The summed E-state index contributed by atoms with van der Waals surface area (Å²) in [6.45, 7) is 0. The van der Waals surface area contributed by atoms with Gasteiger partial charge in [-0.25, -0.2) is 4.79 Å². The van der Waals surface area contributed by atoms with Crippen LogP contribution in [0.5, 0.6) is 0 Å². The molecule has 2 amide bonds. The van der Waals surface area contributed by atoms with Gasteiger partial charge in [-0.1, -0.05) is 22.0 Å². The Kier molecular flexibility index (Phi) is 4.44. The minimum atomic E-state index is -0.329. The van der Waals surface area contributed by atoms with Gasteiger partial charge >= 0.3 is 6.03 Å². The van der Waals surface area contributed by atoms with Crippen molar-refractivity contribution in [3.05, 3.63) is 51.4 Å². The molecule has 0 aliphatic rings. The Balaban J connectivity index is 2.07. The molecule has 0 saturated heterocycles. The predicted octanol–water partition coefficient (Wildman–Crippen LogP) is 4.44. The lowest BCUT2D eigenvalue weighted by atomic mass is 10.3. The lowest BCUT2D eigenvalue weighted by molar-refractivity contribution is 0.262. The summed E-state index contributed by atoms with van der Waals surface area (Å²) >= 11 is 6.73. The van der Waals surface area contributed by atoms with Gasteiger partial charge in [0.05, 0.1) is 5.69 Å². The van der Waals surface area contributed by atoms with E-state index in [9.17, 15) is 4.79 Å². The highest BCUT2D eigenvalue weighted by Gasteiger charge is 2.06. The maximum atomic E-state index is 11.9. The maximum absolute atomic E-state index is 11.9. The van der Waals surface area contributed by atoms with Gasteiger partial charge in [-0.3, -0.25) is 0 Å². The minimum Gasteiger partial charge on any atom is -0.399 e. The fourth-order valence-corrected chi connectivity index (χ4v) is 2.20. The number of nitrogens with one attached hydrogen (secondary N) is 2. The normalized spacial score (nSPS) is 10.0. The molecule has 0 aliphatic carbocycles. The van der Waals surface area contributed by atoms with Crippen LogP contribution in [0.4, 0.5) is 21.9 Å². The average molecular weight is 385 g/mol. The van der Waals surface area contributed by atoms with Crippen LogP contribution in [0.25, 0.3) is 0 Å². The van der Waals surface area contributed by atoms with Gasteiger partial charge in [0, 0.05) is 20.3 Å². The number of benzene rings is 2. The van der Waals surface area contributed by atoms with Crippen LogP contribution < -0.4 is 16.4 Å². The van der Waals surface area contributed by atoms with Gasteiger partial charge in [0.25, 0.3) is 0 Å². The third-order valence-electron chi connectivity index (χ3n) is 2.32. The molecule has 6 heteroatoms. The number of halogens is 2. The van der Waals surface area contributed by atoms with E-state index in [1.54, 1.807) is 24.3 Å². The Morgan fingerprint density at radius 2 is 1.84 bits per heavy atom. The molecule has 19 heavy (non-hydrogen) atoms. The van der Waals surface area contributed by atoms with Crippen molar-refractivity contribution in [1.29, 1.82) is 0 Å². The van der Waals surface area contributed by atoms with Gasteiger partial charge in [-0.15, -0.1) is 0 Å². The second kappa shape index (κ2) is 6.08. The zero-order valence-electron chi connectivity index (χ0n) is 9.78. The van der Waals surface area contributed by atoms with Crippen molar-refractivity contribution < 1.29 is 4.79 Å². The SMILES string of the molecule is Nc1cccc(NC(=O)Nc2cc(Br)ccc2Br)c1. The van der Waals surface area contributed by atoms with Crippen molar-refractivity contribution in [2.75, 3.05) is 16.4 Å². The van der Waals surface area contributed by atoms with Crippen LogP contribution in [0.2, 0.25) is 0 Å². The molecule has 98 valence electrons. The average Bonchev–Trinajstić information content (AvgIpc) is 2.34. The molecular formula is C13H11Br2N3O. The van der Waals surface area contributed by atoms with Crippen molar-refractivity contribution >= 4 is 55.0 Å². The summed E-state index contributed by atoms with van der Waals surface area (Å²) in [7, 11) is 0. The third kappa shape index (κ3) is 3.97. The summed E-state index contributed by atoms with van der Waals surface area (Å²) in [4.78, 5) is 11.9. The number of amides is 2. The van der Waals surface area contributed by atoms with Crippen LogP contribution in [0.1, 0.15) is 0 Å². The highest BCUT2D eigenvalue weighted by Crippen LogP contribution is 2.26. The number of hydrogen-bond donors (Lipinski definition) is 3. The van der Waals surface area contributed by atoms with E-state index in [0.29, 0.717) is 17.1 Å². The Morgan fingerprint density at radius 1 is 1.05 bits per heavy atom. The highest BCUT2D eigenvalue weighted by molar-refractivity contribution is 9.11. The Morgan fingerprint density at radius 3 is 2.58 bits per heavy atom. The van der Waals surface area contributed by atoms with Crippen LogP contribution >= 0.6 is 31.9 Å². The standard InChI is InChI=1S/C13H11Br2N3O/c14-8-4-5-11(15)12(6-8)18-13(19)17-10-3-1-2-9(16)7-10/h1-7H,16H2,(H2,17,18,19). The van der Waals surface area contributed by atoms with E-state index in [0.717, 1.165) is 8.95 Å². The zero-order valence-corrected chi connectivity index (χ0v) is 13.0. The van der Waals surface area contributed by atoms with Crippen molar-refractivity contribution in [3.8, 4) is 0 Å². The Hall–Kier alpha value is -1.53. The molecule has 0 spiro atoms. The number of nitrogen functional groups attached to an aromatic ring is 1. The molecule has 0 saturated carbocycles. The number of nitrogens with two attached hydrogens (primary N) is 1. The molecule has 0 radical (unpaired) electrons. The van der Waals surface area contributed by atoms with Crippen LogP contribution in [-0.4, -0.2) is 6.03 Å². The lowest BCUT2D eigenvalue weighted by Crippen LogP contribution is -2.19. The quantitative estimate of drug-likeness (QED) is 0.670. The van der Waals surface area contributed by atoms with Crippen molar-refractivity contribution in [1.82, 2.24) is 0 Å². The molecule has 0 aromatic heterocycles. The van der Waals surface area contributed by atoms with E-state index in [1.807, 2.05) is 18.2 Å². The summed E-state index contributed by atoms with van der Waals surface area (Å²) in [5.41, 5.74) is 7.56. The molecule has 2 aromatic rings. The van der Waals surface area contributed by atoms with E-state index in [2.05, 4.69) is 42.5 Å². The molecular weight excluding hydrogens is 374 g/mol. The Bertz CT molecular complexity index is 617. The van der Waals surface area contributed by atoms with E-state index in [1.165, 1.54) is 0 Å². The van der Waals surface area contributed by atoms with Crippen LogP contribution in [-0.2, 0) is 0 Å². The van der Waals surface area contributed by atoms with Gasteiger partial charge in [-0.2, -0.15) is 0 Å². The first kappa shape index (κ1) is 13.9. The predicted molar refractivity (Wildman–Crippen MR) is 85.3 cm³/mol. The van der Waals surface area contributed by atoms with Gasteiger partial charge in [-0.05, 0) is 52.3 Å². The topological polar surface area (TPSA) is 67.1 Å². The van der Waals surface area contributed by atoms with Crippen molar-refractivity contribution in [3.63, 3.8) is 0 Å². The molecule has 0 aliphatic heterocycles. The molecule has 4 N–H and O–H groups in total. The van der Waals surface area contributed by atoms with E-state index in [4.69, 9.17) is 5.73 Å². The fraction of sp³-hybridized carbons (Fsp3) is 0. The number of anilines is 3. The molecule has 2 rings (SSSR count). The first-order valence-electron chi connectivity index (χ1n) is 5.43. The summed E-state index contributed by atoms with van der Waals surface area (Å²) in [5.74, 6) is 0. The van der Waals surface area contributed by atoms with Crippen LogP contribution in [0.15, 0.2) is 51.4 Å². The zero-order chi connectivity index (χ0) is 13.8. The number of urea groups is 1. The minimum absolute atomic E-state index is 0.329. The smallest absolute Gasteiger partial charge is 0.323 e. The summed E-state index contributed by atoms with van der Waals surface area (Å²) < 4.78 is 1.69. The molecule has 2 aromatic carbocycles. The fourth-order valence-electron chi connectivity index (χ4n) is 1.49. The first-order valence-corrected chi connectivity index (χ1v) is 7.02. The number of carbonyl (C=O) groups excluding carboxylic acids is 1. The molecule has 0 fully saturated rings. The van der Waals surface area contributed by atoms with Gasteiger partial charge in [0.2, 0.25) is 0 Å². The molecule has 0 bridgehead atoms. The molecule has 4 nitrogen and oxygen atoms in total. The first-order chi connectivity index (χ1) is 9.04. The largest absolute Gasteiger partial charge is 0.399 e. The maximum Gasteiger partial charge on any atom is 0.323 e. The van der Waals surface area contributed by atoms with Crippen LogP contribution in [0.3, 0.4) is 0 Å². The molecule has 0 heterocycles. The van der Waals surface area contributed by atoms with Crippen molar-refractivity contribution in [2.24, 2.45) is 0 Å². The van der Waals surface area contributed by atoms with E-state index >= 15 is 0 Å². The summed E-state index contributed by atoms with van der Waals surface area (Å²) in [6, 6.07) is 12.2. The van der Waals surface area contributed by atoms with E-state index < -0.39 is 0 Å². The summed E-state index contributed by atoms with van der Waals surface area (Å²) in [6.07, 6.45) is 0. The van der Waals surface area contributed by atoms with Gasteiger partial charge < -0.3 is 16.4 Å². The summed E-state index contributed by atoms with van der Waals surface area (Å²) in [5, 5.41) is 5.46. The molecule has 0 unspecified atom stereocenters. The second-order valence-corrected chi connectivity index (χ2v) is 5.60. The highest BCUT2D eigenvalue weighted by atomic mass is 79.9. The van der Waals surface area contributed by atoms with E-state index in [-0.39, 0.29) is 6.03 Å². The monoisotopic (exact) mass is 383 g/mol. The van der Waals surface area contributed by atoms with Gasteiger partial charge in [0.15, 0.2) is 0 Å². The Labute approximate surface area is 127 Å².